The summed E-state index contributed by atoms with van der Waals surface area (Å²) in [6.45, 7) is 8.02. The first-order valence-electron chi connectivity index (χ1n) is 13.2. The predicted octanol–water partition coefficient (Wildman–Crippen LogP) is 2.87. The summed E-state index contributed by atoms with van der Waals surface area (Å²) in [7, 11) is 2.09. The summed E-state index contributed by atoms with van der Waals surface area (Å²) < 4.78 is 19.4. The van der Waals surface area contributed by atoms with Crippen molar-refractivity contribution in [1.82, 2.24) is 4.90 Å². The normalized spacial score (nSPS) is 49.4. The van der Waals surface area contributed by atoms with E-state index in [-0.39, 0.29) is 17.3 Å². The van der Waals surface area contributed by atoms with Gasteiger partial charge in [0.1, 0.15) is 17.3 Å². The summed E-state index contributed by atoms with van der Waals surface area (Å²) in [5, 5.41) is 23.6. The number of rotatable bonds is 3. The molecule has 7 aliphatic rings. The zero-order chi connectivity index (χ0) is 24.9. The third-order valence-corrected chi connectivity index (χ3v) is 10.5. The van der Waals surface area contributed by atoms with Crippen molar-refractivity contribution < 1.29 is 29.2 Å². The van der Waals surface area contributed by atoms with Crippen LogP contribution in [0, 0.1) is 16.7 Å². The van der Waals surface area contributed by atoms with Gasteiger partial charge in [0.2, 0.25) is 0 Å². The standard InChI is InChI=1S/C28H39NO6/c1-5-6-23(31)34-18(2)20-9-10-27-21-8-7-19-15-26(32)12-11-24(19,3)28(21,35-26)22(30)16-25(20,27)17-29(4)13-14-33-27/h5-6,8-9,18-19,22,30,32H,7,10-17H2,1-4H3/b6-5-/t18-,19-,22-,24+,25+,26-,27+,28+/m1/s1. The maximum atomic E-state index is 12.4. The summed E-state index contributed by atoms with van der Waals surface area (Å²) in [5.41, 5.74) is -0.469. The number of hydrogen-bond donors (Lipinski definition) is 2. The van der Waals surface area contributed by atoms with Crippen LogP contribution in [0.25, 0.3) is 0 Å². The van der Waals surface area contributed by atoms with Gasteiger partial charge in [-0.1, -0.05) is 25.2 Å². The van der Waals surface area contributed by atoms with Gasteiger partial charge >= 0.3 is 5.97 Å². The molecule has 0 aromatic rings. The molecule has 2 N–H and O–H groups in total. The number of likely N-dealkylation sites (N-methyl/N-ethyl adjacent to an activating group) is 1. The average molecular weight is 486 g/mol. The van der Waals surface area contributed by atoms with Crippen LogP contribution >= 0.6 is 0 Å². The quantitative estimate of drug-likeness (QED) is 0.361. The van der Waals surface area contributed by atoms with Gasteiger partial charge in [-0.3, -0.25) is 0 Å². The van der Waals surface area contributed by atoms with Gasteiger partial charge < -0.3 is 29.3 Å². The lowest BCUT2D eigenvalue weighted by Gasteiger charge is -2.73. The topological polar surface area (TPSA) is 88.5 Å². The van der Waals surface area contributed by atoms with Crippen molar-refractivity contribution in [3.05, 3.63) is 35.5 Å². The number of aliphatic hydroxyl groups is 2. The molecule has 0 amide bonds. The van der Waals surface area contributed by atoms with Crippen molar-refractivity contribution in [2.75, 3.05) is 26.7 Å². The minimum Gasteiger partial charge on any atom is -0.455 e. The number of esters is 1. The Labute approximate surface area is 207 Å². The van der Waals surface area contributed by atoms with E-state index in [1.807, 2.05) is 6.92 Å². The Bertz CT molecular complexity index is 1040. The van der Waals surface area contributed by atoms with E-state index in [9.17, 15) is 15.0 Å². The fraction of sp³-hybridized carbons (Fsp3) is 0.750. The van der Waals surface area contributed by atoms with Crippen molar-refractivity contribution in [1.29, 1.82) is 0 Å². The van der Waals surface area contributed by atoms with Crippen LogP contribution < -0.4 is 0 Å². The zero-order valence-corrected chi connectivity index (χ0v) is 21.4. The van der Waals surface area contributed by atoms with E-state index in [1.54, 1.807) is 13.0 Å². The van der Waals surface area contributed by atoms with Crippen LogP contribution in [0.4, 0.5) is 0 Å². The molecular weight excluding hydrogens is 446 g/mol. The van der Waals surface area contributed by atoms with Crippen LogP contribution in [-0.4, -0.2) is 77.0 Å². The number of fused-ring (bicyclic) bond motifs is 1. The molecule has 4 aliphatic carbocycles. The highest BCUT2D eigenvalue weighted by atomic mass is 16.7. The monoisotopic (exact) mass is 485 g/mol. The van der Waals surface area contributed by atoms with Crippen molar-refractivity contribution in [2.24, 2.45) is 16.7 Å². The smallest absolute Gasteiger partial charge is 0.331 e. The third kappa shape index (κ3) is 2.82. The lowest BCUT2D eigenvalue weighted by atomic mass is 9.41. The maximum Gasteiger partial charge on any atom is 0.331 e. The highest BCUT2D eigenvalue weighted by Crippen LogP contribution is 2.74. The Balaban J connectivity index is 1.50. The van der Waals surface area contributed by atoms with Gasteiger partial charge in [-0.05, 0) is 63.6 Å². The fourth-order valence-corrected chi connectivity index (χ4v) is 9.02. The summed E-state index contributed by atoms with van der Waals surface area (Å²) in [5.74, 6) is -1.31. The Kier molecular flexibility index (Phi) is 5.12. The molecule has 2 saturated carbocycles. The Morgan fingerprint density at radius 1 is 1.31 bits per heavy atom. The lowest BCUT2D eigenvalue weighted by molar-refractivity contribution is -0.401. The van der Waals surface area contributed by atoms with E-state index in [4.69, 9.17) is 14.2 Å². The Morgan fingerprint density at radius 2 is 2.11 bits per heavy atom. The first-order valence-corrected chi connectivity index (χ1v) is 13.2. The fourth-order valence-electron chi connectivity index (χ4n) is 9.02. The molecule has 3 saturated heterocycles. The number of carbonyl (C=O) groups excluding carboxylic acids is 1. The van der Waals surface area contributed by atoms with Gasteiger partial charge in [0.15, 0.2) is 5.79 Å². The van der Waals surface area contributed by atoms with Crippen LogP contribution in [-0.2, 0) is 19.0 Å². The van der Waals surface area contributed by atoms with Crippen molar-refractivity contribution in [2.45, 2.75) is 88.5 Å². The molecule has 7 rings (SSSR count). The molecule has 0 unspecified atom stereocenters. The van der Waals surface area contributed by atoms with Crippen molar-refractivity contribution >= 4 is 5.97 Å². The number of ether oxygens (including phenoxy) is 3. The van der Waals surface area contributed by atoms with Crippen molar-refractivity contribution in [3.8, 4) is 0 Å². The van der Waals surface area contributed by atoms with E-state index < -0.39 is 34.6 Å². The summed E-state index contributed by atoms with van der Waals surface area (Å²) in [4.78, 5) is 14.6. The largest absolute Gasteiger partial charge is 0.455 e. The molecule has 3 aliphatic heterocycles. The Hall–Kier alpha value is -1.51. The van der Waals surface area contributed by atoms with Gasteiger partial charge in [0.25, 0.3) is 0 Å². The molecule has 1 spiro atoms. The zero-order valence-electron chi connectivity index (χ0n) is 21.4. The highest BCUT2D eigenvalue weighted by Gasteiger charge is 2.79. The molecule has 8 atom stereocenters. The molecule has 5 fully saturated rings. The van der Waals surface area contributed by atoms with Gasteiger partial charge in [0, 0.05) is 42.8 Å². The molecule has 7 nitrogen and oxygen atoms in total. The lowest BCUT2D eigenvalue weighted by Crippen LogP contribution is -2.79. The van der Waals surface area contributed by atoms with E-state index in [1.165, 1.54) is 6.08 Å². The van der Waals surface area contributed by atoms with E-state index in [2.05, 4.69) is 31.0 Å². The molecule has 35 heavy (non-hydrogen) atoms. The second kappa shape index (κ2) is 7.51. The van der Waals surface area contributed by atoms with Crippen LogP contribution in [0.1, 0.15) is 59.3 Å². The van der Waals surface area contributed by atoms with Crippen LogP contribution in [0.15, 0.2) is 35.5 Å². The average Bonchev–Trinajstić information content (AvgIpc) is 3.00. The van der Waals surface area contributed by atoms with Gasteiger partial charge in [-0.25, -0.2) is 4.79 Å². The summed E-state index contributed by atoms with van der Waals surface area (Å²) >= 11 is 0. The van der Waals surface area contributed by atoms with Crippen LogP contribution in [0.3, 0.4) is 0 Å². The van der Waals surface area contributed by atoms with Crippen LogP contribution in [0.2, 0.25) is 0 Å². The second-order valence-corrected chi connectivity index (χ2v) is 12.1. The molecule has 0 aromatic heterocycles. The van der Waals surface area contributed by atoms with E-state index >= 15 is 0 Å². The number of allylic oxidation sites excluding steroid dienone is 2. The number of carbonyl (C=O) groups is 1. The first kappa shape index (κ1) is 23.9. The molecule has 4 bridgehead atoms. The van der Waals surface area contributed by atoms with E-state index in [0.29, 0.717) is 38.8 Å². The SMILES string of the molecule is C/C=C\C(=O)O[C@H](C)C1=CC[C@@]23OCCN(C)C[C@@]12C[C@@H](O)[C@]12O[C@]4(O)CC[C@@]1(C)[C@H](CC=C32)C4. The van der Waals surface area contributed by atoms with E-state index in [0.717, 1.165) is 30.5 Å². The predicted molar refractivity (Wildman–Crippen MR) is 129 cm³/mol. The third-order valence-electron chi connectivity index (χ3n) is 10.5. The van der Waals surface area contributed by atoms with Crippen molar-refractivity contribution in [3.63, 3.8) is 0 Å². The number of aliphatic hydroxyl groups excluding tert-OH is 1. The number of nitrogens with zero attached hydrogens (tertiary/aromatic N) is 1. The Morgan fingerprint density at radius 3 is 2.89 bits per heavy atom. The molecule has 7 heteroatoms. The first-order chi connectivity index (χ1) is 16.6. The number of hydrogen-bond acceptors (Lipinski definition) is 7. The molecular formula is C28H39NO6. The summed E-state index contributed by atoms with van der Waals surface area (Å²) in [6, 6.07) is 0. The highest BCUT2D eigenvalue weighted by molar-refractivity contribution is 5.82. The molecule has 192 valence electrons. The minimum atomic E-state index is -1.20. The molecule has 0 aromatic carbocycles. The van der Waals surface area contributed by atoms with Gasteiger partial charge in [-0.15, -0.1) is 0 Å². The van der Waals surface area contributed by atoms with Crippen LogP contribution in [0.5, 0.6) is 0 Å². The second-order valence-electron chi connectivity index (χ2n) is 12.1. The molecule has 0 radical (unpaired) electrons. The summed E-state index contributed by atoms with van der Waals surface area (Å²) in [6.07, 6.45) is 10.3. The van der Waals surface area contributed by atoms with Gasteiger partial charge in [-0.2, -0.15) is 0 Å². The maximum absolute atomic E-state index is 12.4. The van der Waals surface area contributed by atoms with Gasteiger partial charge in [0.05, 0.1) is 12.7 Å². The molecule has 3 heterocycles. The minimum absolute atomic E-state index is 0.264.